The van der Waals surface area contributed by atoms with E-state index in [9.17, 15) is 13.2 Å². The summed E-state index contributed by atoms with van der Waals surface area (Å²) in [5.74, 6) is 0.862. The quantitative estimate of drug-likeness (QED) is 0.700. The lowest BCUT2D eigenvalue weighted by Crippen LogP contribution is -2.52. The van der Waals surface area contributed by atoms with Gasteiger partial charge in [-0.2, -0.15) is 4.31 Å². The number of piperazine rings is 1. The Balaban J connectivity index is 2.10. The lowest BCUT2D eigenvalue weighted by atomic mass is 10.1. The zero-order chi connectivity index (χ0) is 22.8. The molecule has 9 heteroatoms. The predicted octanol–water partition coefficient (Wildman–Crippen LogP) is 2.67. The summed E-state index contributed by atoms with van der Waals surface area (Å²) < 4.78 is 34.3. The normalized spacial score (nSPS) is 18.5. The Kier molecular flexibility index (Phi) is 7.18. The smallest absolute Gasteiger partial charge is 0.251 e. The van der Waals surface area contributed by atoms with Gasteiger partial charge in [0, 0.05) is 31.7 Å². The molecule has 1 aliphatic rings. The highest BCUT2D eigenvalue weighted by Crippen LogP contribution is 2.32. The summed E-state index contributed by atoms with van der Waals surface area (Å²) in [4.78, 5) is 21.9. The van der Waals surface area contributed by atoms with Crippen LogP contribution in [0.15, 0.2) is 34.0 Å². The molecule has 0 saturated carbocycles. The van der Waals surface area contributed by atoms with E-state index in [1.807, 2.05) is 34.7 Å². The average molecular weight is 449 g/mol. The first kappa shape index (κ1) is 23.4. The number of nitrogens with zero attached hydrogens (tertiary/aromatic N) is 3. The number of nitrogens with one attached hydrogen (secondary N) is 1. The number of rotatable bonds is 7. The van der Waals surface area contributed by atoms with E-state index in [0.29, 0.717) is 49.1 Å². The molecule has 1 N–H and O–H groups in total. The second kappa shape index (κ2) is 9.50. The molecule has 1 fully saturated rings. The number of sulfonamides is 1. The maximum atomic E-state index is 13.4. The fourth-order valence-electron chi connectivity index (χ4n) is 3.71. The maximum Gasteiger partial charge on any atom is 0.251 e. The molecule has 1 saturated heterocycles. The lowest BCUT2D eigenvalue weighted by molar-refractivity contribution is 0.170. The number of ether oxygens (including phenoxy) is 1. The van der Waals surface area contributed by atoms with Crippen molar-refractivity contribution in [1.82, 2.24) is 19.2 Å². The minimum atomic E-state index is -3.71. The van der Waals surface area contributed by atoms with Crippen LogP contribution in [0, 0.1) is 0 Å². The molecule has 31 heavy (non-hydrogen) atoms. The van der Waals surface area contributed by atoms with Crippen molar-refractivity contribution in [3.63, 3.8) is 0 Å². The summed E-state index contributed by atoms with van der Waals surface area (Å²) in [6.45, 7) is 10.1. The number of hydrogen-bond donors (Lipinski definition) is 1. The van der Waals surface area contributed by atoms with E-state index >= 15 is 0 Å². The van der Waals surface area contributed by atoms with Crippen molar-refractivity contribution in [2.75, 3.05) is 33.3 Å². The third-order valence-corrected chi connectivity index (χ3v) is 7.41. The zero-order valence-corrected chi connectivity index (χ0v) is 19.7. The third-order valence-electron chi connectivity index (χ3n) is 5.40. The highest BCUT2D eigenvalue weighted by molar-refractivity contribution is 7.89. The van der Waals surface area contributed by atoms with E-state index < -0.39 is 10.0 Å². The Hall–Kier alpha value is -2.23. The SMILES string of the molecule is CCCOc1ccc(S(=O)(=O)N2CCN(C)CC2C)cc1-c1nc(C(C)C)cc(=O)[nH]1. The van der Waals surface area contributed by atoms with Crippen LogP contribution in [0.2, 0.25) is 0 Å². The molecule has 1 aromatic carbocycles. The van der Waals surface area contributed by atoms with Crippen LogP contribution in [0.1, 0.15) is 45.7 Å². The van der Waals surface area contributed by atoms with Crippen molar-refractivity contribution in [2.24, 2.45) is 0 Å². The molecule has 0 radical (unpaired) electrons. The molecular weight excluding hydrogens is 416 g/mol. The maximum absolute atomic E-state index is 13.4. The van der Waals surface area contributed by atoms with Gasteiger partial charge in [-0.25, -0.2) is 13.4 Å². The van der Waals surface area contributed by atoms with Gasteiger partial charge in [-0.15, -0.1) is 0 Å². The third kappa shape index (κ3) is 5.16. The lowest BCUT2D eigenvalue weighted by Gasteiger charge is -2.37. The van der Waals surface area contributed by atoms with Crippen LogP contribution in [0.5, 0.6) is 5.75 Å². The first-order chi connectivity index (χ1) is 14.6. The van der Waals surface area contributed by atoms with Crippen molar-refractivity contribution in [3.8, 4) is 17.1 Å². The van der Waals surface area contributed by atoms with Crippen LogP contribution in [0.3, 0.4) is 0 Å². The Morgan fingerprint density at radius 3 is 2.65 bits per heavy atom. The second-order valence-corrected chi connectivity index (χ2v) is 10.3. The Bertz CT molecular complexity index is 1080. The van der Waals surface area contributed by atoms with Gasteiger partial charge in [0.2, 0.25) is 10.0 Å². The van der Waals surface area contributed by atoms with Crippen molar-refractivity contribution < 1.29 is 13.2 Å². The van der Waals surface area contributed by atoms with Crippen LogP contribution in [0.4, 0.5) is 0 Å². The molecule has 0 spiro atoms. The zero-order valence-electron chi connectivity index (χ0n) is 18.9. The van der Waals surface area contributed by atoms with E-state index in [1.54, 1.807) is 22.5 Å². The Morgan fingerprint density at radius 2 is 2.00 bits per heavy atom. The highest BCUT2D eigenvalue weighted by Gasteiger charge is 2.33. The molecule has 3 rings (SSSR count). The molecule has 0 aliphatic carbocycles. The van der Waals surface area contributed by atoms with Gasteiger partial charge in [0.05, 0.1) is 22.8 Å². The topological polar surface area (TPSA) is 95.6 Å². The molecule has 0 amide bonds. The van der Waals surface area contributed by atoms with E-state index in [0.717, 1.165) is 6.42 Å². The summed E-state index contributed by atoms with van der Waals surface area (Å²) in [7, 11) is -1.72. The number of aromatic amines is 1. The van der Waals surface area contributed by atoms with Gasteiger partial charge in [0.1, 0.15) is 11.6 Å². The Labute approximate surface area is 184 Å². The number of likely N-dealkylation sites (N-methyl/N-ethyl adjacent to an activating group) is 1. The van der Waals surface area contributed by atoms with Gasteiger partial charge in [-0.3, -0.25) is 4.79 Å². The van der Waals surface area contributed by atoms with Crippen LogP contribution >= 0.6 is 0 Å². The average Bonchev–Trinajstić information content (AvgIpc) is 2.71. The monoisotopic (exact) mass is 448 g/mol. The van der Waals surface area contributed by atoms with E-state index in [2.05, 4.69) is 14.9 Å². The molecule has 1 aliphatic heterocycles. The van der Waals surface area contributed by atoms with E-state index in [1.165, 1.54) is 6.07 Å². The van der Waals surface area contributed by atoms with E-state index in [4.69, 9.17) is 4.74 Å². The van der Waals surface area contributed by atoms with Crippen LogP contribution in [-0.2, 0) is 10.0 Å². The number of H-pyrrole nitrogens is 1. The fraction of sp³-hybridized carbons (Fsp3) is 0.545. The van der Waals surface area contributed by atoms with Gasteiger partial charge >= 0.3 is 0 Å². The van der Waals surface area contributed by atoms with Crippen LogP contribution in [-0.4, -0.2) is 66.9 Å². The second-order valence-electron chi connectivity index (χ2n) is 8.41. The summed E-state index contributed by atoms with van der Waals surface area (Å²) >= 11 is 0. The number of benzene rings is 1. The summed E-state index contributed by atoms with van der Waals surface area (Å²) in [5, 5.41) is 0. The number of aromatic nitrogens is 2. The minimum absolute atomic E-state index is 0.0548. The van der Waals surface area contributed by atoms with Crippen LogP contribution in [0.25, 0.3) is 11.4 Å². The van der Waals surface area contributed by atoms with Gasteiger partial charge < -0.3 is 14.6 Å². The molecule has 0 bridgehead atoms. The number of hydrogen-bond acceptors (Lipinski definition) is 6. The molecule has 1 atom stereocenters. The first-order valence-electron chi connectivity index (χ1n) is 10.7. The van der Waals surface area contributed by atoms with Gasteiger partial charge in [0.25, 0.3) is 5.56 Å². The molecule has 1 aromatic heterocycles. The summed E-state index contributed by atoms with van der Waals surface area (Å²) in [6, 6.07) is 6.12. The molecular formula is C22H32N4O4S. The standard InChI is InChI=1S/C22H32N4O4S/c1-6-11-30-20-8-7-17(31(28,29)26-10-9-25(5)14-16(26)4)12-18(20)22-23-19(15(2)3)13-21(27)24-22/h7-8,12-13,15-16H,6,9-11,14H2,1-5H3,(H,23,24,27). The summed E-state index contributed by atoms with van der Waals surface area (Å²) in [5.41, 5.74) is 0.827. The van der Waals surface area contributed by atoms with E-state index in [-0.39, 0.29) is 22.4 Å². The molecule has 8 nitrogen and oxygen atoms in total. The van der Waals surface area contributed by atoms with Crippen LogP contribution < -0.4 is 10.3 Å². The van der Waals surface area contributed by atoms with Crippen molar-refractivity contribution >= 4 is 10.0 Å². The van der Waals surface area contributed by atoms with Crippen molar-refractivity contribution in [2.45, 2.75) is 51.0 Å². The van der Waals surface area contributed by atoms with Gasteiger partial charge in [-0.1, -0.05) is 20.8 Å². The van der Waals surface area contributed by atoms with Gasteiger partial charge in [0.15, 0.2) is 0 Å². The van der Waals surface area contributed by atoms with Crippen molar-refractivity contribution in [1.29, 1.82) is 0 Å². The molecule has 170 valence electrons. The fourth-order valence-corrected chi connectivity index (χ4v) is 5.35. The van der Waals surface area contributed by atoms with Gasteiger partial charge in [-0.05, 0) is 44.5 Å². The molecule has 1 unspecified atom stereocenters. The largest absolute Gasteiger partial charge is 0.493 e. The summed E-state index contributed by atoms with van der Waals surface area (Å²) in [6.07, 6.45) is 0.800. The minimum Gasteiger partial charge on any atom is -0.493 e. The first-order valence-corrected chi connectivity index (χ1v) is 12.2. The molecule has 2 heterocycles. The predicted molar refractivity (Wildman–Crippen MR) is 121 cm³/mol. The highest BCUT2D eigenvalue weighted by atomic mass is 32.2. The molecule has 2 aromatic rings. The van der Waals surface area contributed by atoms with Crippen molar-refractivity contribution in [3.05, 3.63) is 40.3 Å². The Morgan fingerprint density at radius 1 is 1.26 bits per heavy atom.